The van der Waals surface area contributed by atoms with Gasteiger partial charge in [-0.15, -0.1) is 0 Å². The van der Waals surface area contributed by atoms with Gasteiger partial charge < -0.3 is 14.3 Å². The van der Waals surface area contributed by atoms with Crippen LogP contribution in [0.25, 0.3) is 9.69 Å². The maximum atomic E-state index is 12.8. The van der Waals surface area contributed by atoms with Crippen LogP contribution in [0.1, 0.15) is 70.0 Å². The fraction of sp³-hybridized carbons (Fsp3) is 0.559. The van der Waals surface area contributed by atoms with Crippen LogP contribution in [0.5, 0.6) is 11.8 Å². The number of Topliss-reactive ketones (excluding diaryl/α,β-unsaturated/α-hetero) is 1. The summed E-state index contributed by atoms with van der Waals surface area (Å²) in [6.45, 7) is 26.5. The number of nitrogens with zero attached hydrogens (tertiary/aromatic N) is 4. The average Bonchev–Trinajstić information content (AvgIpc) is 2.99. The molecule has 2 fully saturated rings. The molecule has 2 aromatic heterocycles. The average molecular weight is 553 g/mol. The zero-order chi connectivity index (χ0) is 29.7. The Morgan fingerprint density at radius 1 is 0.805 bits per heavy atom. The van der Waals surface area contributed by atoms with Crippen LogP contribution >= 0.6 is 0 Å². The molecular weight excluding hydrogens is 512 g/mol. The van der Waals surface area contributed by atoms with Gasteiger partial charge >= 0.3 is 5.54 Å². The highest BCUT2D eigenvalue weighted by molar-refractivity contribution is 5.96. The number of carbonyl (C=O) groups is 1. The van der Waals surface area contributed by atoms with Gasteiger partial charge in [-0.25, -0.2) is 23.1 Å². The topological polar surface area (TPSA) is 70.0 Å². The van der Waals surface area contributed by atoms with Crippen LogP contribution in [0, 0.1) is 48.7 Å². The van der Waals surface area contributed by atoms with Crippen molar-refractivity contribution in [3.8, 4) is 11.8 Å². The summed E-state index contributed by atoms with van der Waals surface area (Å²) in [5, 5.41) is 0. The minimum absolute atomic E-state index is 0.0834. The Morgan fingerprint density at radius 3 is 1.76 bits per heavy atom. The molecule has 0 N–H and O–H groups in total. The van der Waals surface area contributed by atoms with Gasteiger partial charge in [0.05, 0.1) is 36.7 Å². The summed E-state index contributed by atoms with van der Waals surface area (Å²) in [4.78, 5) is 29.8. The summed E-state index contributed by atoms with van der Waals surface area (Å²) in [5.41, 5.74) is 3.61. The predicted octanol–water partition coefficient (Wildman–Crippen LogP) is 6.62. The Kier molecular flexibility index (Phi) is 7.45. The summed E-state index contributed by atoms with van der Waals surface area (Å²) < 4.78 is 10.4. The lowest BCUT2D eigenvalue weighted by molar-refractivity contribution is -0.134. The van der Waals surface area contributed by atoms with Crippen molar-refractivity contribution in [1.29, 1.82) is 0 Å². The van der Waals surface area contributed by atoms with Crippen molar-refractivity contribution in [2.75, 3.05) is 14.2 Å². The molecule has 4 bridgehead atoms. The van der Waals surface area contributed by atoms with Gasteiger partial charge in [0.15, 0.2) is 0 Å². The van der Waals surface area contributed by atoms with Gasteiger partial charge in [-0.2, -0.15) is 0 Å². The van der Waals surface area contributed by atoms with E-state index in [9.17, 15) is 4.79 Å². The lowest BCUT2D eigenvalue weighted by Gasteiger charge is -2.46. The summed E-state index contributed by atoms with van der Waals surface area (Å²) >= 11 is 0. The SMILES string of the molecule is [C-]#[N+]C12C[C@@H](C)[C@@H](C)[C@H](Cc3nc(OC)ccc31)/C2=C\C.[C-]#[N+]C12C[C@@H](C)[C@@H](C)[C@H](Cc3nc(OC)ccc31)C2=O. The molecule has 4 aliphatic carbocycles. The Labute approximate surface area is 244 Å². The zero-order valence-electron chi connectivity index (χ0n) is 25.2. The molecule has 6 rings (SSSR count). The van der Waals surface area contributed by atoms with Gasteiger partial charge in [0.1, 0.15) is 0 Å². The monoisotopic (exact) mass is 552 g/mol. The first kappa shape index (κ1) is 28.8. The molecule has 7 heteroatoms. The molecule has 41 heavy (non-hydrogen) atoms. The molecule has 2 heterocycles. The number of rotatable bonds is 2. The maximum absolute atomic E-state index is 12.8. The van der Waals surface area contributed by atoms with Crippen molar-refractivity contribution < 1.29 is 14.3 Å². The van der Waals surface area contributed by atoms with Crippen molar-refractivity contribution in [3.63, 3.8) is 0 Å². The van der Waals surface area contributed by atoms with Crippen LogP contribution in [0.15, 0.2) is 35.9 Å². The molecule has 2 unspecified atom stereocenters. The number of allylic oxidation sites excluding steroid dienone is 1. The molecule has 0 amide bonds. The highest BCUT2D eigenvalue weighted by atomic mass is 16.5. The quantitative estimate of drug-likeness (QED) is 0.309. The van der Waals surface area contributed by atoms with E-state index in [1.165, 1.54) is 5.57 Å². The smallest absolute Gasteiger partial charge is 0.316 e. The Morgan fingerprint density at radius 2 is 1.27 bits per heavy atom. The Hall–Kier alpha value is -3.71. The number of carbonyl (C=O) groups excluding carboxylic acids is 1. The molecule has 7 nitrogen and oxygen atoms in total. The van der Waals surface area contributed by atoms with Crippen molar-refractivity contribution in [2.24, 2.45) is 35.5 Å². The Balaban J connectivity index is 0.000000165. The molecule has 0 aromatic carbocycles. The number of methoxy groups -OCH3 is 2. The van der Waals surface area contributed by atoms with E-state index in [1.54, 1.807) is 20.3 Å². The first-order valence-electron chi connectivity index (χ1n) is 14.7. The third-order valence-electron chi connectivity index (χ3n) is 10.6. The molecule has 8 atom stereocenters. The molecule has 0 spiro atoms. The summed E-state index contributed by atoms with van der Waals surface area (Å²) in [6.07, 6.45) is 5.24. The molecule has 214 valence electrons. The van der Waals surface area contributed by atoms with Crippen LogP contribution in [-0.2, 0) is 28.7 Å². The normalized spacial score (nSPS) is 35.5. The van der Waals surface area contributed by atoms with Crippen molar-refractivity contribution in [1.82, 2.24) is 9.97 Å². The third kappa shape index (κ3) is 4.24. The van der Waals surface area contributed by atoms with E-state index in [0.29, 0.717) is 54.2 Å². The van der Waals surface area contributed by atoms with E-state index in [2.05, 4.69) is 66.4 Å². The number of hydrogen-bond acceptors (Lipinski definition) is 5. The van der Waals surface area contributed by atoms with Gasteiger partial charge in [-0.05, 0) is 55.1 Å². The van der Waals surface area contributed by atoms with Crippen LogP contribution in [-0.4, -0.2) is 30.0 Å². The minimum atomic E-state index is -1.01. The number of ketones is 1. The van der Waals surface area contributed by atoms with Gasteiger partial charge in [0.2, 0.25) is 17.5 Å². The van der Waals surface area contributed by atoms with E-state index in [4.69, 9.17) is 22.6 Å². The fourth-order valence-corrected chi connectivity index (χ4v) is 7.99. The second-order valence-corrected chi connectivity index (χ2v) is 12.5. The number of fused-ring (bicyclic) bond motifs is 8. The van der Waals surface area contributed by atoms with E-state index >= 15 is 0 Å². The van der Waals surface area contributed by atoms with E-state index in [-0.39, 0.29) is 11.7 Å². The second kappa shape index (κ2) is 10.6. The molecule has 0 radical (unpaired) electrons. The van der Waals surface area contributed by atoms with Crippen LogP contribution < -0.4 is 9.47 Å². The van der Waals surface area contributed by atoms with Crippen molar-refractivity contribution in [2.45, 2.75) is 71.4 Å². The summed E-state index contributed by atoms with van der Waals surface area (Å²) in [7, 11) is 3.23. The molecule has 4 aliphatic rings. The second-order valence-electron chi connectivity index (χ2n) is 12.5. The lowest BCUT2D eigenvalue weighted by Crippen LogP contribution is -2.52. The Bertz CT molecular complexity index is 1490. The molecule has 2 aromatic rings. The highest BCUT2D eigenvalue weighted by Gasteiger charge is 2.61. The first-order valence-corrected chi connectivity index (χ1v) is 14.7. The zero-order valence-corrected chi connectivity index (χ0v) is 25.2. The number of hydrogen-bond donors (Lipinski definition) is 0. The van der Waals surface area contributed by atoms with E-state index in [0.717, 1.165) is 35.4 Å². The third-order valence-corrected chi connectivity index (χ3v) is 10.6. The number of pyridine rings is 2. The van der Waals surface area contributed by atoms with Gasteiger partial charge in [0, 0.05) is 42.9 Å². The first-order chi connectivity index (χ1) is 19.6. The van der Waals surface area contributed by atoms with Gasteiger partial charge in [-0.1, -0.05) is 33.8 Å². The number of ether oxygens (including phenoxy) is 2. The molecule has 0 aliphatic heterocycles. The van der Waals surface area contributed by atoms with Gasteiger partial charge in [-0.3, -0.25) is 9.64 Å². The maximum Gasteiger partial charge on any atom is 0.316 e. The van der Waals surface area contributed by atoms with Gasteiger partial charge in [0.25, 0.3) is 5.54 Å². The van der Waals surface area contributed by atoms with Crippen LogP contribution in [0.3, 0.4) is 0 Å². The molecule has 0 saturated heterocycles. The fourth-order valence-electron chi connectivity index (χ4n) is 7.99. The largest absolute Gasteiger partial charge is 0.481 e. The minimum Gasteiger partial charge on any atom is -0.481 e. The predicted molar refractivity (Wildman–Crippen MR) is 157 cm³/mol. The lowest BCUT2D eigenvalue weighted by atomic mass is 9.56. The summed E-state index contributed by atoms with van der Waals surface area (Å²) in [5.74, 6) is 3.47. The molecular formula is C34H40N4O3. The molecule has 2 saturated carbocycles. The van der Waals surface area contributed by atoms with E-state index in [1.807, 2.05) is 12.1 Å². The number of aromatic nitrogens is 2. The van der Waals surface area contributed by atoms with Crippen molar-refractivity contribution >= 4 is 5.78 Å². The van der Waals surface area contributed by atoms with Crippen LogP contribution in [0.4, 0.5) is 0 Å². The van der Waals surface area contributed by atoms with Crippen molar-refractivity contribution in [3.05, 3.63) is 81.3 Å². The van der Waals surface area contributed by atoms with E-state index < -0.39 is 11.1 Å². The standard InChI is InChI=1S/C18H22N2O.C16H18N2O2/c1-6-14-13-9-16-15(7-8-17(20-16)21-5)18(14,19-4)10-11(2)12(13)3;1-9-8-16(17-3)12-5-6-14(20-4)18-13(12)7-11(10(9)2)15(16)19/h6-8,11-13H,9-10H2,1-3,5H3;5-6,9-11H,7-8H2,1-2,4H3/b14-6+;/t11-,12-,13+,18?;9-,10-,11+,16?/m11/s1. The van der Waals surface area contributed by atoms with Crippen LogP contribution in [0.2, 0.25) is 0 Å². The highest BCUT2D eigenvalue weighted by Crippen LogP contribution is 2.57. The summed E-state index contributed by atoms with van der Waals surface area (Å²) in [6, 6.07) is 7.56.